The van der Waals surface area contributed by atoms with Crippen LogP contribution in [0.5, 0.6) is 0 Å². The lowest BCUT2D eigenvalue weighted by Gasteiger charge is -2.41. The number of carboxylic acid groups (broad SMARTS) is 1. The van der Waals surface area contributed by atoms with Crippen molar-refractivity contribution >= 4 is 17.5 Å². The molecule has 0 spiro atoms. The fourth-order valence-electron chi connectivity index (χ4n) is 5.49. The van der Waals surface area contributed by atoms with E-state index in [2.05, 4.69) is 24.7 Å². The van der Waals surface area contributed by atoms with Gasteiger partial charge in [0.15, 0.2) is 0 Å². The molecule has 2 aromatic rings. The van der Waals surface area contributed by atoms with Crippen LogP contribution in [0.2, 0.25) is 0 Å². The Balaban J connectivity index is 0.000000310. The molecule has 5 N–H and O–H groups in total. The fourth-order valence-corrected chi connectivity index (χ4v) is 5.49. The van der Waals surface area contributed by atoms with Gasteiger partial charge in [0.25, 0.3) is 0 Å². The number of aromatic nitrogens is 2. The molecule has 3 aliphatic rings. The van der Waals surface area contributed by atoms with E-state index in [1.807, 2.05) is 12.1 Å². The highest BCUT2D eigenvalue weighted by molar-refractivity contribution is 5.88. The third-order valence-electron chi connectivity index (χ3n) is 7.96. The van der Waals surface area contributed by atoms with E-state index < -0.39 is 30.2 Å². The number of hydrogen-bond acceptors (Lipinski definition) is 10. The first-order chi connectivity index (χ1) is 20.0. The molecule has 14 heteroatoms. The van der Waals surface area contributed by atoms with Gasteiger partial charge in [-0.25, -0.2) is 14.8 Å². The van der Waals surface area contributed by atoms with Crippen molar-refractivity contribution < 1.29 is 38.0 Å². The number of aliphatic hydroxyl groups is 2. The molecule has 3 saturated heterocycles. The van der Waals surface area contributed by atoms with Crippen molar-refractivity contribution in [3.8, 4) is 0 Å². The van der Waals surface area contributed by atoms with E-state index in [0.29, 0.717) is 31.1 Å². The Hall–Kier alpha value is -3.04. The van der Waals surface area contributed by atoms with Crippen LogP contribution in [0.4, 0.5) is 24.7 Å². The number of aromatic carboxylic acids is 1. The highest BCUT2D eigenvalue weighted by atomic mass is 19.4. The molecule has 5 rings (SSSR count). The smallest absolute Gasteiger partial charge is 0.451 e. The van der Waals surface area contributed by atoms with Crippen molar-refractivity contribution in [1.82, 2.24) is 19.8 Å². The Kier molecular flexibility index (Phi) is 11.0. The lowest BCUT2D eigenvalue weighted by molar-refractivity contribution is -0.144. The largest absolute Gasteiger partial charge is 0.478 e. The molecule has 3 unspecified atom stereocenters. The number of alkyl halides is 3. The van der Waals surface area contributed by atoms with Crippen molar-refractivity contribution in [2.75, 3.05) is 69.6 Å². The van der Waals surface area contributed by atoms with Crippen LogP contribution >= 0.6 is 0 Å². The molecule has 4 heterocycles. The molecule has 0 radical (unpaired) electrons. The topological polar surface area (TPSA) is 149 Å². The molecular weight excluding hydrogens is 557 g/mol. The summed E-state index contributed by atoms with van der Waals surface area (Å²) in [5, 5.41) is 29.0. The Morgan fingerprint density at radius 2 is 1.57 bits per heavy atom. The van der Waals surface area contributed by atoms with Crippen LogP contribution in [-0.2, 0) is 10.9 Å². The predicted molar refractivity (Wildman–Crippen MR) is 149 cm³/mol. The maximum Gasteiger partial charge on any atom is 0.451 e. The first-order valence-electron chi connectivity index (χ1n) is 14.2. The number of anilines is 2. The second-order valence-electron chi connectivity index (χ2n) is 10.9. The third-order valence-corrected chi connectivity index (χ3v) is 7.96. The summed E-state index contributed by atoms with van der Waals surface area (Å²) in [6.45, 7) is 8.35. The molecule has 3 atom stereocenters. The van der Waals surface area contributed by atoms with Gasteiger partial charge in [0, 0.05) is 70.8 Å². The number of piperidine rings is 1. The standard InChI is InChI=1S/C23H35N3O5.C5H4F3N3/c27-20-7-14-31-21(22(20)28)16-25-12-10-24(11-13-25)15-17-5-8-26(9-6-17)19-3-1-18(2-4-19)23(29)30;6-5(7,8)4-10-2-1-3(9)11-4/h1-4,17,20-22,27-28H,5-16H2,(H,29,30);1-2H,(H2,9,10,11). The van der Waals surface area contributed by atoms with E-state index >= 15 is 0 Å². The average molecular weight is 597 g/mol. The van der Waals surface area contributed by atoms with Crippen LogP contribution in [0.3, 0.4) is 0 Å². The lowest BCUT2D eigenvalue weighted by Crippen LogP contribution is -2.54. The molecule has 0 aliphatic carbocycles. The zero-order chi connectivity index (χ0) is 30.3. The highest BCUT2D eigenvalue weighted by Gasteiger charge is 2.35. The highest BCUT2D eigenvalue weighted by Crippen LogP contribution is 2.26. The van der Waals surface area contributed by atoms with Crippen LogP contribution in [0.25, 0.3) is 0 Å². The summed E-state index contributed by atoms with van der Waals surface area (Å²) in [5.41, 5.74) is 6.44. The van der Waals surface area contributed by atoms with Crippen LogP contribution in [0.15, 0.2) is 36.5 Å². The van der Waals surface area contributed by atoms with Crippen molar-refractivity contribution in [2.45, 2.75) is 43.8 Å². The summed E-state index contributed by atoms with van der Waals surface area (Å²) in [7, 11) is 0. The molecule has 42 heavy (non-hydrogen) atoms. The van der Waals surface area contributed by atoms with Gasteiger partial charge < -0.3 is 35.6 Å². The number of halogens is 3. The van der Waals surface area contributed by atoms with E-state index in [9.17, 15) is 28.2 Å². The normalized spacial score (nSPS) is 24.6. The molecule has 1 aromatic carbocycles. The van der Waals surface area contributed by atoms with Gasteiger partial charge in [0.2, 0.25) is 5.82 Å². The number of carboxylic acids is 1. The number of nitrogens with two attached hydrogens (primary N) is 1. The van der Waals surface area contributed by atoms with E-state index in [1.165, 1.54) is 6.07 Å². The SMILES string of the molecule is Nc1ccnc(C(F)(F)F)n1.O=C(O)c1ccc(N2CCC(CN3CCN(CC4OCCC(O)C4O)CC3)CC2)cc1. The van der Waals surface area contributed by atoms with E-state index in [0.717, 1.165) is 70.5 Å². The van der Waals surface area contributed by atoms with Gasteiger partial charge >= 0.3 is 12.1 Å². The van der Waals surface area contributed by atoms with Crippen LogP contribution in [-0.4, -0.2) is 118 Å². The predicted octanol–water partition coefficient (Wildman–Crippen LogP) is 1.81. The summed E-state index contributed by atoms with van der Waals surface area (Å²) in [6, 6.07) is 8.38. The Morgan fingerprint density at radius 3 is 2.12 bits per heavy atom. The maximum atomic E-state index is 11.8. The van der Waals surface area contributed by atoms with Crippen LogP contribution in [0, 0.1) is 5.92 Å². The molecule has 232 valence electrons. The van der Waals surface area contributed by atoms with Gasteiger partial charge in [-0.05, 0) is 55.5 Å². The summed E-state index contributed by atoms with van der Waals surface area (Å²) < 4.78 is 41.0. The minimum Gasteiger partial charge on any atom is -0.478 e. The number of piperazine rings is 1. The van der Waals surface area contributed by atoms with Gasteiger partial charge in [-0.1, -0.05) is 0 Å². The second kappa shape index (κ2) is 14.4. The fraction of sp³-hybridized carbons (Fsp3) is 0.607. The lowest BCUT2D eigenvalue weighted by atomic mass is 9.95. The zero-order valence-electron chi connectivity index (χ0n) is 23.4. The molecule has 3 fully saturated rings. The summed E-state index contributed by atoms with van der Waals surface area (Å²) in [5.74, 6) is -1.59. The summed E-state index contributed by atoms with van der Waals surface area (Å²) in [4.78, 5) is 24.2. The number of nitrogen functional groups attached to an aromatic ring is 1. The molecule has 11 nitrogen and oxygen atoms in total. The summed E-state index contributed by atoms with van der Waals surface area (Å²) in [6.07, 6.45) is -2.47. The first kappa shape index (κ1) is 31.9. The molecule has 0 saturated carbocycles. The van der Waals surface area contributed by atoms with E-state index in [4.69, 9.17) is 15.6 Å². The molecule has 0 bridgehead atoms. The van der Waals surface area contributed by atoms with Gasteiger partial charge in [0.05, 0.1) is 17.8 Å². The van der Waals surface area contributed by atoms with Gasteiger partial charge in [0.1, 0.15) is 11.9 Å². The number of nitrogens with zero attached hydrogens (tertiary/aromatic N) is 5. The second-order valence-corrected chi connectivity index (χ2v) is 10.9. The Morgan fingerprint density at radius 1 is 0.952 bits per heavy atom. The first-order valence-corrected chi connectivity index (χ1v) is 14.2. The van der Waals surface area contributed by atoms with Gasteiger partial charge in [-0.3, -0.25) is 4.90 Å². The monoisotopic (exact) mass is 596 g/mol. The summed E-state index contributed by atoms with van der Waals surface area (Å²) >= 11 is 0. The molecule has 0 amide bonds. The maximum absolute atomic E-state index is 11.8. The van der Waals surface area contributed by atoms with Crippen molar-refractivity contribution in [2.24, 2.45) is 5.92 Å². The van der Waals surface area contributed by atoms with E-state index in [1.54, 1.807) is 12.1 Å². The minimum atomic E-state index is -4.52. The van der Waals surface area contributed by atoms with Crippen molar-refractivity contribution in [3.05, 3.63) is 47.9 Å². The van der Waals surface area contributed by atoms with Gasteiger partial charge in [-0.15, -0.1) is 0 Å². The molecular formula is C28H39F3N6O5. The number of aliphatic hydroxyl groups excluding tert-OH is 2. The van der Waals surface area contributed by atoms with E-state index in [-0.39, 0.29) is 11.9 Å². The third kappa shape index (κ3) is 8.98. The number of ether oxygens (including phenoxy) is 1. The van der Waals surface area contributed by atoms with Gasteiger partial charge in [-0.2, -0.15) is 13.2 Å². The van der Waals surface area contributed by atoms with Crippen LogP contribution in [0.1, 0.15) is 35.4 Å². The van der Waals surface area contributed by atoms with Crippen molar-refractivity contribution in [1.29, 1.82) is 0 Å². The number of hydrogen-bond donors (Lipinski definition) is 4. The average Bonchev–Trinajstić information content (AvgIpc) is 2.97. The van der Waals surface area contributed by atoms with Crippen LogP contribution < -0.4 is 10.6 Å². The number of benzene rings is 1. The molecule has 1 aromatic heterocycles. The van der Waals surface area contributed by atoms with Crippen molar-refractivity contribution in [3.63, 3.8) is 0 Å². The Bertz CT molecular complexity index is 1140. The number of rotatable bonds is 6. The Labute approximate surface area is 242 Å². The zero-order valence-corrected chi connectivity index (χ0v) is 23.4. The number of carbonyl (C=O) groups is 1. The quantitative estimate of drug-likeness (QED) is 0.387. The minimum absolute atomic E-state index is 0.188. The molecule has 3 aliphatic heterocycles.